The topological polar surface area (TPSA) is 56.1 Å². The fraction of sp³-hybridized carbons (Fsp3) is 0.692. The summed E-state index contributed by atoms with van der Waals surface area (Å²) in [5.41, 5.74) is 0.675. The van der Waals surface area contributed by atoms with E-state index >= 15 is 0 Å². The Labute approximate surface area is 122 Å². The SMILES string of the molecule is COCCn1ncc(NC(C)C(C)(C)C)c(Br)c1=O. The van der Waals surface area contributed by atoms with Crippen LogP contribution in [-0.2, 0) is 11.3 Å². The average molecular weight is 332 g/mol. The Bertz CT molecular complexity index is 480. The molecule has 0 spiro atoms. The van der Waals surface area contributed by atoms with E-state index in [9.17, 15) is 4.79 Å². The van der Waals surface area contributed by atoms with Crippen LogP contribution in [0.4, 0.5) is 5.69 Å². The van der Waals surface area contributed by atoms with Gasteiger partial charge in [0.2, 0.25) is 0 Å². The van der Waals surface area contributed by atoms with Crippen molar-refractivity contribution in [1.29, 1.82) is 0 Å². The van der Waals surface area contributed by atoms with Crippen molar-refractivity contribution in [2.24, 2.45) is 5.41 Å². The third-order valence-corrected chi connectivity index (χ3v) is 3.93. The third-order valence-electron chi connectivity index (χ3n) is 3.16. The van der Waals surface area contributed by atoms with Crippen molar-refractivity contribution >= 4 is 21.6 Å². The number of halogens is 1. The molecule has 0 radical (unpaired) electrons. The third kappa shape index (κ3) is 4.31. The zero-order chi connectivity index (χ0) is 14.6. The molecular weight excluding hydrogens is 310 g/mol. The number of hydrogen-bond acceptors (Lipinski definition) is 4. The van der Waals surface area contributed by atoms with Crippen molar-refractivity contribution in [1.82, 2.24) is 9.78 Å². The van der Waals surface area contributed by atoms with E-state index in [1.807, 2.05) is 0 Å². The van der Waals surface area contributed by atoms with Gasteiger partial charge in [-0.2, -0.15) is 5.10 Å². The van der Waals surface area contributed by atoms with Gasteiger partial charge in [0.1, 0.15) is 4.47 Å². The number of methoxy groups -OCH3 is 1. The van der Waals surface area contributed by atoms with E-state index in [1.54, 1.807) is 13.3 Å². The standard InChI is InChI=1S/C13H22BrN3O2/c1-9(13(2,3)4)16-10-8-15-17(6-7-19-5)12(18)11(10)14/h8-9,16H,6-7H2,1-5H3. The van der Waals surface area contributed by atoms with Crippen LogP contribution in [0.3, 0.4) is 0 Å². The molecule has 0 aliphatic carbocycles. The first kappa shape index (κ1) is 16.2. The molecule has 6 heteroatoms. The summed E-state index contributed by atoms with van der Waals surface area (Å²) < 4.78 is 6.85. The van der Waals surface area contributed by atoms with Crippen LogP contribution < -0.4 is 10.9 Å². The summed E-state index contributed by atoms with van der Waals surface area (Å²) in [6, 6.07) is 0.222. The summed E-state index contributed by atoms with van der Waals surface area (Å²) in [6.45, 7) is 9.43. The number of ether oxygens (including phenoxy) is 1. The summed E-state index contributed by atoms with van der Waals surface area (Å²) in [4.78, 5) is 12.1. The maximum Gasteiger partial charge on any atom is 0.283 e. The summed E-state index contributed by atoms with van der Waals surface area (Å²) >= 11 is 3.34. The van der Waals surface area contributed by atoms with Crippen molar-refractivity contribution in [2.75, 3.05) is 19.0 Å². The number of rotatable bonds is 5. The predicted molar refractivity (Wildman–Crippen MR) is 80.6 cm³/mol. The van der Waals surface area contributed by atoms with Gasteiger partial charge in [0.15, 0.2) is 0 Å². The first-order valence-corrected chi connectivity index (χ1v) is 7.07. The van der Waals surface area contributed by atoms with Crippen molar-refractivity contribution in [3.63, 3.8) is 0 Å². The molecule has 0 aliphatic rings. The first-order valence-electron chi connectivity index (χ1n) is 6.28. The Morgan fingerprint density at radius 1 is 1.53 bits per heavy atom. The molecule has 1 heterocycles. The lowest BCUT2D eigenvalue weighted by molar-refractivity contribution is 0.181. The monoisotopic (exact) mass is 331 g/mol. The van der Waals surface area contributed by atoms with Crippen LogP contribution >= 0.6 is 15.9 Å². The molecule has 0 fully saturated rings. The predicted octanol–water partition coefficient (Wildman–Crippen LogP) is 2.50. The fourth-order valence-corrected chi connectivity index (χ4v) is 1.77. The minimum Gasteiger partial charge on any atom is -0.383 e. The molecule has 0 saturated heterocycles. The molecule has 0 aliphatic heterocycles. The normalized spacial score (nSPS) is 13.4. The zero-order valence-electron chi connectivity index (χ0n) is 12.2. The van der Waals surface area contributed by atoms with Crippen LogP contribution in [0.25, 0.3) is 0 Å². The molecule has 1 atom stereocenters. The number of aromatic nitrogens is 2. The molecule has 1 N–H and O–H groups in total. The second-order valence-electron chi connectivity index (χ2n) is 5.63. The minimum atomic E-state index is -0.150. The average Bonchev–Trinajstić information content (AvgIpc) is 2.33. The number of anilines is 1. The van der Waals surface area contributed by atoms with E-state index in [2.05, 4.69) is 54.0 Å². The molecule has 5 nitrogen and oxygen atoms in total. The Morgan fingerprint density at radius 2 is 2.16 bits per heavy atom. The highest BCUT2D eigenvalue weighted by Crippen LogP contribution is 2.25. The summed E-state index contributed by atoms with van der Waals surface area (Å²) in [6.07, 6.45) is 1.67. The molecule has 1 rings (SSSR count). The van der Waals surface area contributed by atoms with Crippen LogP contribution in [0.2, 0.25) is 0 Å². The van der Waals surface area contributed by atoms with Crippen LogP contribution in [0.5, 0.6) is 0 Å². The van der Waals surface area contributed by atoms with Gasteiger partial charge in [-0.1, -0.05) is 20.8 Å². The van der Waals surface area contributed by atoms with Crippen LogP contribution in [0.15, 0.2) is 15.5 Å². The smallest absolute Gasteiger partial charge is 0.283 e. The van der Waals surface area contributed by atoms with E-state index in [0.717, 1.165) is 5.69 Å². The lowest BCUT2D eigenvalue weighted by atomic mass is 9.88. The van der Waals surface area contributed by atoms with Crippen LogP contribution in [0, 0.1) is 5.41 Å². The molecule has 1 unspecified atom stereocenters. The van der Waals surface area contributed by atoms with Crippen molar-refractivity contribution < 1.29 is 4.74 Å². The quantitative estimate of drug-likeness (QED) is 0.900. The molecule has 0 bridgehead atoms. The van der Waals surface area contributed by atoms with Gasteiger partial charge >= 0.3 is 0 Å². The second kappa shape index (κ2) is 6.52. The highest BCUT2D eigenvalue weighted by molar-refractivity contribution is 9.10. The van der Waals surface area contributed by atoms with Gasteiger partial charge in [0.05, 0.1) is 25.0 Å². The largest absolute Gasteiger partial charge is 0.383 e. The van der Waals surface area contributed by atoms with Gasteiger partial charge in [0.25, 0.3) is 5.56 Å². The molecule has 0 saturated carbocycles. The first-order chi connectivity index (χ1) is 8.77. The number of nitrogens with one attached hydrogen (secondary N) is 1. The van der Waals surface area contributed by atoms with E-state index in [0.29, 0.717) is 17.6 Å². The Kier molecular flexibility index (Phi) is 5.55. The molecule has 0 aromatic carbocycles. The maximum atomic E-state index is 12.1. The summed E-state index contributed by atoms with van der Waals surface area (Å²) in [7, 11) is 1.60. The van der Waals surface area contributed by atoms with Gasteiger partial charge in [-0.15, -0.1) is 0 Å². The molecule has 1 aromatic rings. The number of nitrogens with zero attached hydrogens (tertiary/aromatic N) is 2. The van der Waals surface area contributed by atoms with Crippen molar-refractivity contribution in [3.05, 3.63) is 21.0 Å². The van der Waals surface area contributed by atoms with Gasteiger partial charge in [-0.25, -0.2) is 4.68 Å². The van der Waals surface area contributed by atoms with E-state index in [4.69, 9.17) is 4.74 Å². The highest BCUT2D eigenvalue weighted by Gasteiger charge is 2.21. The summed E-state index contributed by atoms with van der Waals surface area (Å²) in [5.74, 6) is 0. The fourth-order valence-electron chi connectivity index (χ4n) is 1.35. The molecule has 19 heavy (non-hydrogen) atoms. The maximum absolute atomic E-state index is 12.1. The Hall–Kier alpha value is -0.880. The van der Waals surface area contributed by atoms with Gasteiger partial charge in [-0.3, -0.25) is 4.79 Å². The van der Waals surface area contributed by atoms with E-state index in [1.165, 1.54) is 4.68 Å². The highest BCUT2D eigenvalue weighted by atomic mass is 79.9. The van der Waals surface area contributed by atoms with Gasteiger partial charge in [0, 0.05) is 13.2 Å². The lowest BCUT2D eigenvalue weighted by Crippen LogP contribution is -2.33. The molecule has 0 amide bonds. The molecular formula is C13H22BrN3O2. The Morgan fingerprint density at radius 3 is 2.68 bits per heavy atom. The zero-order valence-corrected chi connectivity index (χ0v) is 13.7. The van der Waals surface area contributed by atoms with Crippen LogP contribution in [0.1, 0.15) is 27.7 Å². The molecule has 108 valence electrons. The van der Waals surface area contributed by atoms with Crippen molar-refractivity contribution in [2.45, 2.75) is 40.3 Å². The van der Waals surface area contributed by atoms with E-state index < -0.39 is 0 Å². The van der Waals surface area contributed by atoms with Gasteiger partial charge in [-0.05, 0) is 28.3 Å². The summed E-state index contributed by atoms with van der Waals surface area (Å²) in [5, 5.41) is 7.46. The molecule has 1 aromatic heterocycles. The Balaban J connectivity index is 2.94. The van der Waals surface area contributed by atoms with Crippen molar-refractivity contribution in [3.8, 4) is 0 Å². The van der Waals surface area contributed by atoms with Gasteiger partial charge < -0.3 is 10.1 Å². The lowest BCUT2D eigenvalue weighted by Gasteiger charge is -2.29. The second-order valence-corrected chi connectivity index (χ2v) is 6.42. The minimum absolute atomic E-state index is 0.102. The number of hydrogen-bond donors (Lipinski definition) is 1. The van der Waals surface area contributed by atoms with E-state index in [-0.39, 0.29) is 17.0 Å². The van der Waals surface area contributed by atoms with Crippen LogP contribution in [-0.4, -0.2) is 29.5 Å².